The Labute approximate surface area is 104 Å². The van der Waals surface area contributed by atoms with Crippen molar-refractivity contribution in [3.8, 4) is 0 Å². The molecular formula is C13H25NO3. The second kappa shape index (κ2) is 6.97. The van der Waals surface area contributed by atoms with E-state index in [4.69, 9.17) is 4.74 Å². The van der Waals surface area contributed by atoms with Crippen molar-refractivity contribution >= 4 is 5.97 Å². The lowest BCUT2D eigenvalue weighted by molar-refractivity contribution is -0.152. The largest absolute Gasteiger partial charge is 0.481 e. The fourth-order valence-electron chi connectivity index (χ4n) is 2.61. The van der Waals surface area contributed by atoms with Crippen LogP contribution in [0.15, 0.2) is 0 Å². The van der Waals surface area contributed by atoms with Crippen LogP contribution in [0.4, 0.5) is 0 Å². The number of hydrogen-bond acceptors (Lipinski definition) is 3. The average molecular weight is 243 g/mol. The number of piperidine rings is 1. The van der Waals surface area contributed by atoms with Crippen LogP contribution in [-0.2, 0) is 9.53 Å². The normalized spacial score (nSPS) is 26.0. The first-order valence-electron chi connectivity index (χ1n) is 6.59. The number of methoxy groups -OCH3 is 1. The van der Waals surface area contributed by atoms with E-state index in [2.05, 4.69) is 4.90 Å². The van der Waals surface area contributed by atoms with Gasteiger partial charge in [-0.25, -0.2) is 0 Å². The number of likely N-dealkylation sites (tertiary alicyclic amines) is 1. The van der Waals surface area contributed by atoms with Gasteiger partial charge in [-0.3, -0.25) is 4.79 Å². The van der Waals surface area contributed by atoms with Gasteiger partial charge < -0.3 is 14.7 Å². The van der Waals surface area contributed by atoms with Crippen LogP contribution in [0.5, 0.6) is 0 Å². The van der Waals surface area contributed by atoms with Gasteiger partial charge in [0.05, 0.1) is 5.41 Å². The van der Waals surface area contributed by atoms with Crippen LogP contribution in [0.2, 0.25) is 0 Å². The fourth-order valence-corrected chi connectivity index (χ4v) is 2.61. The van der Waals surface area contributed by atoms with Crippen LogP contribution in [0.1, 0.15) is 39.0 Å². The summed E-state index contributed by atoms with van der Waals surface area (Å²) in [6.07, 6.45) is 4.71. The van der Waals surface area contributed by atoms with Gasteiger partial charge in [-0.15, -0.1) is 0 Å². The predicted molar refractivity (Wildman–Crippen MR) is 67.1 cm³/mol. The minimum Gasteiger partial charge on any atom is -0.481 e. The van der Waals surface area contributed by atoms with Crippen LogP contribution in [0.3, 0.4) is 0 Å². The maximum atomic E-state index is 11.4. The summed E-state index contributed by atoms with van der Waals surface area (Å²) in [6, 6.07) is 0. The molecule has 17 heavy (non-hydrogen) atoms. The average Bonchev–Trinajstić information content (AvgIpc) is 2.34. The second-order valence-electron chi connectivity index (χ2n) is 5.02. The van der Waals surface area contributed by atoms with Crippen LogP contribution >= 0.6 is 0 Å². The summed E-state index contributed by atoms with van der Waals surface area (Å²) < 4.78 is 5.02. The molecule has 0 aromatic rings. The monoisotopic (exact) mass is 243 g/mol. The lowest BCUT2D eigenvalue weighted by Crippen LogP contribution is -2.47. The highest BCUT2D eigenvalue weighted by molar-refractivity contribution is 5.75. The van der Waals surface area contributed by atoms with E-state index in [1.807, 2.05) is 6.92 Å². The Morgan fingerprint density at radius 3 is 2.82 bits per heavy atom. The highest BCUT2D eigenvalue weighted by atomic mass is 16.5. The summed E-state index contributed by atoms with van der Waals surface area (Å²) in [5.41, 5.74) is -0.500. The minimum absolute atomic E-state index is 0.500. The van der Waals surface area contributed by atoms with Gasteiger partial charge in [0.2, 0.25) is 0 Å². The third-order valence-electron chi connectivity index (χ3n) is 3.86. The summed E-state index contributed by atoms with van der Waals surface area (Å²) >= 11 is 0. The van der Waals surface area contributed by atoms with E-state index < -0.39 is 11.4 Å². The van der Waals surface area contributed by atoms with E-state index in [-0.39, 0.29) is 0 Å². The molecule has 1 N–H and O–H groups in total. The molecule has 100 valence electrons. The highest BCUT2D eigenvalue weighted by Gasteiger charge is 2.40. The molecule has 0 aromatic carbocycles. The highest BCUT2D eigenvalue weighted by Crippen LogP contribution is 2.33. The maximum absolute atomic E-state index is 11.4. The smallest absolute Gasteiger partial charge is 0.310 e. The van der Waals surface area contributed by atoms with Gasteiger partial charge in [0, 0.05) is 20.3 Å². The van der Waals surface area contributed by atoms with Crippen molar-refractivity contribution in [2.75, 3.05) is 33.4 Å². The van der Waals surface area contributed by atoms with Crippen LogP contribution in [0, 0.1) is 5.41 Å². The van der Waals surface area contributed by atoms with Crippen LogP contribution in [0.25, 0.3) is 0 Å². The van der Waals surface area contributed by atoms with Crippen molar-refractivity contribution in [3.05, 3.63) is 0 Å². The van der Waals surface area contributed by atoms with Gasteiger partial charge in [0.15, 0.2) is 0 Å². The molecule has 0 bridgehead atoms. The molecule has 0 radical (unpaired) electrons. The van der Waals surface area contributed by atoms with Crippen molar-refractivity contribution < 1.29 is 14.6 Å². The molecule has 0 aromatic heterocycles. The number of rotatable bonds is 7. The van der Waals surface area contributed by atoms with Gasteiger partial charge in [-0.05, 0) is 45.2 Å². The van der Waals surface area contributed by atoms with Crippen molar-refractivity contribution in [1.82, 2.24) is 4.90 Å². The molecule has 1 atom stereocenters. The molecule has 4 nitrogen and oxygen atoms in total. The summed E-state index contributed by atoms with van der Waals surface area (Å²) in [4.78, 5) is 13.7. The number of carbonyl (C=O) groups is 1. The Balaban J connectivity index is 2.40. The second-order valence-corrected chi connectivity index (χ2v) is 5.02. The molecule has 0 saturated carbocycles. The van der Waals surface area contributed by atoms with E-state index in [0.717, 1.165) is 51.8 Å². The maximum Gasteiger partial charge on any atom is 0.310 e. The lowest BCUT2D eigenvalue weighted by atomic mass is 9.77. The summed E-state index contributed by atoms with van der Waals surface area (Å²) in [5, 5.41) is 9.37. The van der Waals surface area contributed by atoms with Gasteiger partial charge in [0.25, 0.3) is 0 Å². The van der Waals surface area contributed by atoms with E-state index in [9.17, 15) is 9.90 Å². The molecule has 1 unspecified atom stereocenters. The predicted octanol–water partition coefficient (Wildman–Crippen LogP) is 1.99. The van der Waals surface area contributed by atoms with E-state index >= 15 is 0 Å². The van der Waals surface area contributed by atoms with Gasteiger partial charge in [0.1, 0.15) is 0 Å². The Bertz CT molecular complexity index is 245. The first kappa shape index (κ1) is 14.5. The zero-order valence-corrected chi connectivity index (χ0v) is 11.1. The van der Waals surface area contributed by atoms with Gasteiger partial charge >= 0.3 is 5.97 Å². The van der Waals surface area contributed by atoms with Crippen molar-refractivity contribution in [2.24, 2.45) is 5.41 Å². The van der Waals surface area contributed by atoms with E-state index in [1.165, 1.54) is 0 Å². The molecule has 1 aliphatic rings. The molecule has 1 saturated heterocycles. The molecule has 1 rings (SSSR count). The number of ether oxygens (including phenoxy) is 1. The number of unbranched alkanes of at least 4 members (excludes halogenated alkanes) is 1. The number of aliphatic carboxylic acids is 1. The molecule has 1 heterocycles. The number of hydrogen-bond donors (Lipinski definition) is 1. The lowest BCUT2D eigenvalue weighted by Gasteiger charge is -2.39. The number of carboxylic acids is 1. The number of nitrogens with zero attached hydrogens (tertiary/aromatic N) is 1. The fraction of sp³-hybridized carbons (Fsp3) is 0.923. The molecule has 0 spiro atoms. The molecule has 0 amide bonds. The van der Waals surface area contributed by atoms with Crippen molar-refractivity contribution in [3.63, 3.8) is 0 Å². The van der Waals surface area contributed by atoms with Crippen molar-refractivity contribution in [1.29, 1.82) is 0 Å². The van der Waals surface area contributed by atoms with Crippen LogP contribution in [-0.4, -0.2) is 49.3 Å². The van der Waals surface area contributed by atoms with E-state index in [0.29, 0.717) is 6.54 Å². The third kappa shape index (κ3) is 3.96. The first-order chi connectivity index (χ1) is 8.14. The van der Waals surface area contributed by atoms with Gasteiger partial charge in [-0.2, -0.15) is 0 Å². The van der Waals surface area contributed by atoms with E-state index in [1.54, 1.807) is 7.11 Å². The minimum atomic E-state index is -0.624. The molecule has 1 aliphatic heterocycles. The Kier molecular flexibility index (Phi) is 5.92. The SMILES string of the molecule is CCC1(C(=O)O)CCCN(CCCCOC)C1. The summed E-state index contributed by atoms with van der Waals surface area (Å²) in [7, 11) is 1.72. The Morgan fingerprint density at radius 1 is 1.47 bits per heavy atom. The molecule has 1 fully saturated rings. The zero-order chi connectivity index (χ0) is 12.7. The summed E-state index contributed by atoms with van der Waals surface area (Å²) in [6.45, 7) is 5.54. The third-order valence-corrected chi connectivity index (χ3v) is 3.86. The Hall–Kier alpha value is -0.610. The molecule has 4 heteroatoms. The quantitative estimate of drug-likeness (QED) is 0.695. The Morgan fingerprint density at radius 2 is 2.24 bits per heavy atom. The molecular weight excluding hydrogens is 218 g/mol. The van der Waals surface area contributed by atoms with Crippen LogP contribution < -0.4 is 0 Å². The first-order valence-corrected chi connectivity index (χ1v) is 6.59. The van der Waals surface area contributed by atoms with Crippen molar-refractivity contribution in [2.45, 2.75) is 39.0 Å². The zero-order valence-electron chi connectivity index (χ0n) is 11.1. The topological polar surface area (TPSA) is 49.8 Å². The van der Waals surface area contributed by atoms with Gasteiger partial charge in [-0.1, -0.05) is 6.92 Å². The summed E-state index contributed by atoms with van der Waals surface area (Å²) in [5.74, 6) is -0.624. The number of carboxylic acid groups (broad SMARTS) is 1. The standard InChI is InChI=1S/C13H25NO3/c1-3-13(12(15)16)7-6-9-14(11-13)8-4-5-10-17-2/h3-11H2,1-2H3,(H,15,16). The molecule has 0 aliphatic carbocycles.